The van der Waals surface area contributed by atoms with Crippen LogP contribution in [0.1, 0.15) is 22.8 Å². The number of nitrogens with zero attached hydrogens (tertiary/aromatic N) is 2. The van der Waals surface area contributed by atoms with E-state index in [2.05, 4.69) is 15.6 Å². The van der Waals surface area contributed by atoms with E-state index in [0.29, 0.717) is 24.4 Å². The molecule has 0 aliphatic heterocycles. The van der Waals surface area contributed by atoms with Gasteiger partial charge in [-0.05, 0) is 42.8 Å². The molecule has 2 rings (SSSR count). The third kappa shape index (κ3) is 5.46. The summed E-state index contributed by atoms with van der Waals surface area (Å²) < 4.78 is 4.89. The third-order valence-corrected chi connectivity index (χ3v) is 3.29. The summed E-state index contributed by atoms with van der Waals surface area (Å²) >= 11 is 0. The van der Waals surface area contributed by atoms with Gasteiger partial charge in [-0.25, -0.2) is 4.79 Å². The number of ether oxygens (including phenoxy) is 1. The molecule has 1 aromatic carbocycles. The monoisotopic (exact) mass is 350 g/mol. The topological polar surface area (TPSA) is 104 Å². The second kappa shape index (κ2) is 9.59. The van der Waals surface area contributed by atoms with Crippen LogP contribution in [0.3, 0.4) is 0 Å². The highest BCUT2D eigenvalue weighted by molar-refractivity contribution is 6.06. The van der Waals surface area contributed by atoms with E-state index in [4.69, 9.17) is 10.00 Å². The summed E-state index contributed by atoms with van der Waals surface area (Å²) in [6, 6.07) is 11.8. The maximum absolute atomic E-state index is 12.2. The normalized spacial score (nSPS) is 10.5. The van der Waals surface area contributed by atoms with Gasteiger partial charge in [-0.1, -0.05) is 6.07 Å². The summed E-state index contributed by atoms with van der Waals surface area (Å²) in [5.74, 6) is -0.974. The van der Waals surface area contributed by atoms with Gasteiger partial charge in [0.25, 0.3) is 5.91 Å². The van der Waals surface area contributed by atoms with E-state index in [-0.39, 0.29) is 5.57 Å². The lowest BCUT2D eigenvalue weighted by molar-refractivity contribution is -0.112. The van der Waals surface area contributed by atoms with Gasteiger partial charge in [0.2, 0.25) is 0 Å². The number of nitriles is 1. The molecule has 0 atom stereocenters. The van der Waals surface area contributed by atoms with Crippen LogP contribution in [-0.2, 0) is 16.1 Å². The first-order chi connectivity index (χ1) is 12.6. The van der Waals surface area contributed by atoms with E-state index in [1.165, 1.54) is 6.20 Å². The second-order valence-corrected chi connectivity index (χ2v) is 5.16. The van der Waals surface area contributed by atoms with Gasteiger partial charge in [-0.3, -0.25) is 9.78 Å². The molecule has 1 heterocycles. The van der Waals surface area contributed by atoms with E-state index in [1.54, 1.807) is 49.6 Å². The number of anilines is 1. The van der Waals surface area contributed by atoms with E-state index in [1.807, 2.05) is 12.1 Å². The van der Waals surface area contributed by atoms with Crippen molar-refractivity contribution >= 4 is 17.6 Å². The zero-order valence-electron chi connectivity index (χ0n) is 14.2. The Balaban J connectivity index is 1.95. The number of carbonyl (C=O) groups is 2. The van der Waals surface area contributed by atoms with Gasteiger partial charge in [-0.15, -0.1) is 0 Å². The minimum atomic E-state index is -0.546. The van der Waals surface area contributed by atoms with Crippen molar-refractivity contribution < 1.29 is 14.3 Å². The molecule has 132 valence electrons. The summed E-state index contributed by atoms with van der Waals surface area (Å²) in [5.41, 5.74) is 1.72. The predicted octanol–water partition coefficient (Wildman–Crippen LogP) is 2.39. The van der Waals surface area contributed by atoms with Gasteiger partial charge in [0.05, 0.1) is 12.2 Å². The average molecular weight is 350 g/mol. The molecule has 0 aliphatic rings. The number of aromatic nitrogens is 1. The van der Waals surface area contributed by atoms with E-state index < -0.39 is 11.9 Å². The minimum Gasteiger partial charge on any atom is -0.462 e. The fraction of sp³-hybridized carbons (Fsp3) is 0.158. The van der Waals surface area contributed by atoms with Crippen molar-refractivity contribution in [2.75, 3.05) is 11.9 Å². The number of amides is 1. The first kappa shape index (κ1) is 18.7. The first-order valence-electron chi connectivity index (χ1n) is 7.95. The van der Waals surface area contributed by atoms with E-state index in [0.717, 1.165) is 5.56 Å². The number of esters is 1. The van der Waals surface area contributed by atoms with Crippen LogP contribution in [0.25, 0.3) is 0 Å². The minimum absolute atomic E-state index is 0.0663. The Morgan fingerprint density at radius 3 is 2.65 bits per heavy atom. The highest BCUT2D eigenvalue weighted by Gasteiger charge is 2.10. The Labute approximate surface area is 151 Å². The van der Waals surface area contributed by atoms with Crippen molar-refractivity contribution in [1.82, 2.24) is 10.3 Å². The zero-order chi connectivity index (χ0) is 18.8. The molecule has 7 heteroatoms. The molecule has 7 nitrogen and oxygen atoms in total. The second-order valence-electron chi connectivity index (χ2n) is 5.16. The number of benzene rings is 1. The highest BCUT2D eigenvalue weighted by atomic mass is 16.5. The largest absolute Gasteiger partial charge is 0.462 e. The molecule has 26 heavy (non-hydrogen) atoms. The summed E-state index contributed by atoms with van der Waals surface area (Å²) in [5, 5.41) is 14.7. The summed E-state index contributed by atoms with van der Waals surface area (Å²) in [4.78, 5) is 27.7. The van der Waals surface area contributed by atoms with Crippen molar-refractivity contribution in [2.45, 2.75) is 13.5 Å². The SMILES string of the molecule is CCOC(=O)c1ccc(NC(=O)/C(C#N)=C\NCc2cccnc2)cc1. The molecule has 1 aromatic heterocycles. The molecule has 0 unspecified atom stereocenters. The number of pyridine rings is 1. The average Bonchev–Trinajstić information content (AvgIpc) is 2.66. The Hall–Kier alpha value is -3.66. The summed E-state index contributed by atoms with van der Waals surface area (Å²) in [7, 11) is 0. The van der Waals surface area contributed by atoms with Gasteiger partial charge in [0, 0.05) is 30.8 Å². The van der Waals surface area contributed by atoms with Crippen LogP contribution in [0.2, 0.25) is 0 Å². The molecule has 0 spiro atoms. The van der Waals surface area contributed by atoms with Crippen molar-refractivity contribution in [1.29, 1.82) is 5.26 Å². The molecule has 2 aromatic rings. The molecular formula is C19H18N4O3. The van der Waals surface area contributed by atoms with Crippen LogP contribution in [-0.4, -0.2) is 23.5 Å². The number of nitrogens with one attached hydrogen (secondary N) is 2. The fourth-order valence-electron chi connectivity index (χ4n) is 2.02. The van der Waals surface area contributed by atoms with Crippen LogP contribution in [0.5, 0.6) is 0 Å². The quantitative estimate of drug-likeness (QED) is 0.451. The molecule has 1 amide bonds. The van der Waals surface area contributed by atoms with Crippen molar-refractivity contribution in [3.63, 3.8) is 0 Å². The number of carbonyl (C=O) groups excluding carboxylic acids is 2. The summed E-state index contributed by atoms with van der Waals surface area (Å²) in [6.45, 7) is 2.46. The van der Waals surface area contributed by atoms with E-state index in [9.17, 15) is 9.59 Å². The smallest absolute Gasteiger partial charge is 0.338 e. The van der Waals surface area contributed by atoms with Gasteiger partial charge < -0.3 is 15.4 Å². The Bertz CT molecular complexity index is 824. The van der Waals surface area contributed by atoms with Gasteiger partial charge in [0.15, 0.2) is 0 Å². The molecule has 0 saturated carbocycles. The maximum Gasteiger partial charge on any atom is 0.338 e. The number of hydrogen-bond donors (Lipinski definition) is 2. The lowest BCUT2D eigenvalue weighted by atomic mass is 10.2. The fourth-order valence-corrected chi connectivity index (χ4v) is 2.02. The molecule has 0 radical (unpaired) electrons. The lowest BCUT2D eigenvalue weighted by Gasteiger charge is -2.06. The van der Waals surface area contributed by atoms with Crippen LogP contribution in [0.15, 0.2) is 60.6 Å². The van der Waals surface area contributed by atoms with Crippen LogP contribution in [0, 0.1) is 11.3 Å². The molecule has 0 aliphatic carbocycles. The van der Waals surface area contributed by atoms with Crippen LogP contribution < -0.4 is 10.6 Å². The maximum atomic E-state index is 12.2. The Morgan fingerprint density at radius 1 is 1.27 bits per heavy atom. The Kier molecular flexibility index (Phi) is 6.89. The third-order valence-electron chi connectivity index (χ3n) is 3.29. The molecule has 0 bridgehead atoms. The van der Waals surface area contributed by atoms with Crippen molar-refractivity contribution in [2.24, 2.45) is 0 Å². The van der Waals surface area contributed by atoms with E-state index >= 15 is 0 Å². The Morgan fingerprint density at radius 2 is 2.04 bits per heavy atom. The van der Waals surface area contributed by atoms with Gasteiger partial charge in [0.1, 0.15) is 11.6 Å². The standard InChI is InChI=1S/C19H18N4O3/c1-2-26-19(25)15-5-7-17(8-6-15)23-18(24)16(10-20)13-22-12-14-4-3-9-21-11-14/h3-9,11,13,22H,2,12H2,1H3,(H,23,24)/b16-13-. The van der Waals surface area contributed by atoms with Crippen LogP contribution in [0.4, 0.5) is 5.69 Å². The van der Waals surface area contributed by atoms with Crippen molar-refractivity contribution in [3.05, 3.63) is 71.7 Å². The van der Waals surface area contributed by atoms with Crippen molar-refractivity contribution in [3.8, 4) is 6.07 Å². The number of rotatable bonds is 7. The molecule has 0 saturated heterocycles. The predicted molar refractivity (Wildman–Crippen MR) is 95.8 cm³/mol. The molecule has 0 fully saturated rings. The van der Waals surface area contributed by atoms with Gasteiger partial charge >= 0.3 is 5.97 Å². The molecular weight excluding hydrogens is 332 g/mol. The number of hydrogen-bond acceptors (Lipinski definition) is 6. The summed E-state index contributed by atoms with van der Waals surface area (Å²) in [6.07, 6.45) is 4.72. The lowest BCUT2D eigenvalue weighted by Crippen LogP contribution is -2.16. The first-order valence-corrected chi connectivity index (χ1v) is 7.95. The highest BCUT2D eigenvalue weighted by Crippen LogP contribution is 2.11. The van der Waals surface area contributed by atoms with Gasteiger partial charge in [-0.2, -0.15) is 5.26 Å². The van der Waals surface area contributed by atoms with Crippen LogP contribution >= 0.6 is 0 Å². The molecule has 2 N–H and O–H groups in total. The zero-order valence-corrected chi connectivity index (χ0v) is 14.2.